The number of hydrogen-bond acceptors (Lipinski definition) is 4. The lowest BCUT2D eigenvalue weighted by Gasteiger charge is -2.20. The predicted octanol–water partition coefficient (Wildman–Crippen LogP) is 2.69. The summed E-state index contributed by atoms with van der Waals surface area (Å²) >= 11 is 6.28. The number of anilines is 1. The van der Waals surface area contributed by atoms with Gasteiger partial charge < -0.3 is 10.2 Å². The second kappa shape index (κ2) is 7.25. The fourth-order valence-electron chi connectivity index (χ4n) is 2.54. The lowest BCUT2D eigenvalue weighted by molar-refractivity contribution is 0.263. The largest absolute Gasteiger partial charge is 0.370 e. The molecule has 20 heavy (non-hydrogen) atoms. The minimum Gasteiger partial charge on any atom is -0.370 e. The van der Waals surface area contributed by atoms with Crippen molar-refractivity contribution < 1.29 is 0 Å². The molecular formula is C15H25ClN4. The Morgan fingerprint density at radius 1 is 1.45 bits per heavy atom. The Hall–Kier alpha value is -0.840. The zero-order valence-electron chi connectivity index (χ0n) is 12.7. The molecule has 0 saturated carbocycles. The monoisotopic (exact) mass is 296 g/mol. The van der Waals surface area contributed by atoms with Crippen LogP contribution < -0.4 is 5.32 Å². The van der Waals surface area contributed by atoms with Gasteiger partial charge in [0.05, 0.1) is 10.7 Å². The van der Waals surface area contributed by atoms with E-state index in [2.05, 4.69) is 41.1 Å². The Bertz CT molecular complexity index is 436. The number of likely N-dealkylation sites (tertiary alicyclic amines) is 1. The topological polar surface area (TPSA) is 31.4 Å². The first kappa shape index (κ1) is 15.5. The van der Waals surface area contributed by atoms with E-state index < -0.39 is 0 Å². The van der Waals surface area contributed by atoms with E-state index in [1.54, 1.807) is 0 Å². The normalized spacial score (nSPS) is 19.8. The second-order valence-corrected chi connectivity index (χ2v) is 6.10. The van der Waals surface area contributed by atoms with Crippen LogP contribution in [0.25, 0.3) is 0 Å². The molecule has 112 valence electrons. The van der Waals surface area contributed by atoms with E-state index in [1.807, 2.05) is 12.1 Å². The first-order valence-corrected chi connectivity index (χ1v) is 7.76. The second-order valence-electron chi connectivity index (χ2n) is 5.69. The van der Waals surface area contributed by atoms with E-state index in [0.29, 0.717) is 6.04 Å². The van der Waals surface area contributed by atoms with E-state index in [4.69, 9.17) is 11.6 Å². The minimum absolute atomic E-state index is 0.648. The van der Waals surface area contributed by atoms with Crippen molar-refractivity contribution in [1.29, 1.82) is 0 Å². The molecule has 1 saturated heterocycles. The Morgan fingerprint density at radius 2 is 2.25 bits per heavy atom. The average molecular weight is 297 g/mol. The molecule has 4 nitrogen and oxygen atoms in total. The molecule has 1 N–H and O–H groups in total. The molecule has 1 fully saturated rings. The molecule has 1 atom stereocenters. The molecule has 1 aliphatic heterocycles. The Labute approximate surface area is 127 Å². The summed E-state index contributed by atoms with van der Waals surface area (Å²) in [7, 11) is 4.30. The number of halogens is 1. The van der Waals surface area contributed by atoms with Crippen LogP contribution in [-0.4, -0.2) is 54.6 Å². The number of aromatic nitrogens is 1. The van der Waals surface area contributed by atoms with Crippen molar-refractivity contribution in [2.45, 2.75) is 32.4 Å². The minimum atomic E-state index is 0.648. The van der Waals surface area contributed by atoms with Crippen molar-refractivity contribution in [3.8, 4) is 0 Å². The van der Waals surface area contributed by atoms with Crippen LogP contribution in [0.2, 0.25) is 5.02 Å². The Morgan fingerprint density at radius 3 is 2.90 bits per heavy atom. The van der Waals surface area contributed by atoms with E-state index in [-0.39, 0.29) is 0 Å². The molecule has 0 amide bonds. The molecule has 2 heterocycles. The molecule has 1 aliphatic rings. The summed E-state index contributed by atoms with van der Waals surface area (Å²) in [6, 6.07) is 4.55. The van der Waals surface area contributed by atoms with Gasteiger partial charge in [-0.05, 0) is 39.1 Å². The van der Waals surface area contributed by atoms with Gasteiger partial charge in [-0.3, -0.25) is 4.90 Å². The van der Waals surface area contributed by atoms with E-state index in [1.165, 1.54) is 6.42 Å². The average Bonchev–Trinajstić information content (AvgIpc) is 2.88. The Kier molecular flexibility index (Phi) is 5.64. The molecule has 2 rings (SSSR count). The number of nitrogens with one attached hydrogen (secondary N) is 1. The fraction of sp³-hybridized carbons (Fsp3) is 0.667. The first-order valence-electron chi connectivity index (χ1n) is 7.38. The van der Waals surface area contributed by atoms with Gasteiger partial charge in [-0.1, -0.05) is 18.5 Å². The zero-order chi connectivity index (χ0) is 14.5. The number of pyridine rings is 1. The molecule has 5 heteroatoms. The molecular weight excluding hydrogens is 272 g/mol. The third kappa shape index (κ3) is 4.08. The van der Waals surface area contributed by atoms with Crippen molar-refractivity contribution in [3.05, 3.63) is 22.8 Å². The Balaban J connectivity index is 1.98. The SMILES string of the molecule is CCCNc1ccc(Cl)c(CN2CCC(N(C)C)C2)n1. The molecule has 1 unspecified atom stereocenters. The van der Waals surface area contributed by atoms with Crippen molar-refractivity contribution in [2.75, 3.05) is 39.0 Å². The molecule has 0 radical (unpaired) electrons. The maximum absolute atomic E-state index is 6.28. The molecule has 0 bridgehead atoms. The first-order chi connectivity index (χ1) is 9.60. The van der Waals surface area contributed by atoms with Gasteiger partial charge in [0.1, 0.15) is 5.82 Å². The van der Waals surface area contributed by atoms with Crippen LogP contribution in [0.4, 0.5) is 5.82 Å². The van der Waals surface area contributed by atoms with Gasteiger partial charge in [0.2, 0.25) is 0 Å². The molecule has 0 aromatic carbocycles. The highest BCUT2D eigenvalue weighted by Crippen LogP contribution is 2.21. The van der Waals surface area contributed by atoms with Crippen LogP contribution in [0.3, 0.4) is 0 Å². The maximum atomic E-state index is 6.28. The van der Waals surface area contributed by atoms with E-state index in [9.17, 15) is 0 Å². The van der Waals surface area contributed by atoms with Gasteiger partial charge in [0.15, 0.2) is 0 Å². The summed E-state index contributed by atoms with van der Waals surface area (Å²) in [5.74, 6) is 0.926. The molecule has 1 aromatic heterocycles. The van der Waals surface area contributed by atoms with Crippen LogP contribution in [0, 0.1) is 0 Å². The highest BCUT2D eigenvalue weighted by molar-refractivity contribution is 6.31. The summed E-state index contributed by atoms with van der Waals surface area (Å²) < 4.78 is 0. The van der Waals surface area contributed by atoms with Crippen LogP contribution in [0.5, 0.6) is 0 Å². The summed E-state index contributed by atoms with van der Waals surface area (Å²) in [6.07, 6.45) is 2.31. The summed E-state index contributed by atoms with van der Waals surface area (Å²) in [5.41, 5.74) is 0.979. The number of rotatable bonds is 6. The van der Waals surface area contributed by atoms with Crippen molar-refractivity contribution >= 4 is 17.4 Å². The smallest absolute Gasteiger partial charge is 0.126 e. The lowest BCUT2D eigenvalue weighted by atomic mass is 10.2. The third-order valence-corrected chi connectivity index (χ3v) is 4.17. The van der Waals surface area contributed by atoms with Gasteiger partial charge in [-0.2, -0.15) is 0 Å². The summed E-state index contributed by atoms with van der Waals surface area (Å²) in [6.45, 7) is 6.14. The summed E-state index contributed by atoms with van der Waals surface area (Å²) in [5, 5.41) is 4.08. The van der Waals surface area contributed by atoms with Gasteiger partial charge in [-0.15, -0.1) is 0 Å². The van der Waals surface area contributed by atoms with Crippen molar-refractivity contribution in [3.63, 3.8) is 0 Å². The number of nitrogens with zero attached hydrogens (tertiary/aromatic N) is 3. The quantitative estimate of drug-likeness (QED) is 0.874. The van der Waals surface area contributed by atoms with Crippen LogP contribution in [0.1, 0.15) is 25.5 Å². The number of hydrogen-bond donors (Lipinski definition) is 1. The third-order valence-electron chi connectivity index (χ3n) is 3.83. The summed E-state index contributed by atoms with van der Waals surface area (Å²) in [4.78, 5) is 9.38. The van der Waals surface area contributed by atoms with E-state index in [0.717, 1.165) is 49.1 Å². The molecule has 0 spiro atoms. The lowest BCUT2D eigenvalue weighted by Crippen LogP contribution is -2.31. The highest BCUT2D eigenvalue weighted by Gasteiger charge is 2.24. The van der Waals surface area contributed by atoms with Crippen molar-refractivity contribution in [1.82, 2.24) is 14.8 Å². The van der Waals surface area contributed by atoms with Gasteiger partial charge in [-0.25, -0.2) is 4.98 Å². The molecule has 1 aromatic rings. The number of likely N-dealkylation sites (N-methyl/N-ethyl adjacent to an activating group) is 1. The zero-order valence-corrected chi connectivity index (χ0v) is 13.5. The predicted molar refractivity (Wildman–Crippen MR) is 85.4 cm³/mol. The standard InChI is InChI=1S/C15H25ClN4/c1-4-8-17-15-6-5-13(16)14(18-15)11-20-9-7-12(10-20)19(2)3/h5-6,12H,4,7-11H2,1-3H3,(H,17,18). The van der Waals surface area contributed by atoms with Gasteiger partial charge >= 0.3 is 0 Å². The van der Waals surface area contributed by atoms with Gasteiger partial charge in [0, 0.05) is 32.2 Å². The van der Waals surface area contributed by atoms with Crippen molar-refractivity contribution in [2.24, 2.45) is 0 Å². The van der Waals surface area contributed by atoms with Crippen LogP contribution in [-0.2, 0) is 6.54 Å². The fourth-order valence-corrected chi connectivity index (χ4v) is 2.70. The van der Waals surface area contributed by atoms with Crippen LogP contribution in [0.15, 0.2) is 12.1 Å². The van der Waals surface area contributed by atoms with Gasteiger partial charge in [0.25, 0.3) is 0 Å². The molecule has 0 aliphatic carbocycles. The van der Waals surface area contributed by atoms with Crippen LogP contribution >= 0.6 is 11.6 Å². The maximum Gasteiger partial charge on any atom is 0.126 e. The van der Waals surface area contributed by atoms with E-state index >= 15 is 0 Å². The highest BCUT2D eigenvalue weighted by atomic mass is 35.5.